The van der Waals surface area contributed by atoms with Gasteiger partial charge in [-0.25, -0.2) is 14.1 Å². The molecule has 8 heteroatoms. The van der Waals surface area contributed by atoms with Gasteiger partial charge in [0.15, 0.2) is 0 Å². The molecule has 1 aromatic heterocycles. The topological polar surface area (TPSA) is 91.7 Å². The van der Waals surface area contributed by atoms with Gasteiger partial charge in [-0.3, -0.25) is 9.59 Å². The maximum atomic E-state index is 13.1. The zero-order valence-electron chi connectivity index (χ0n) is 16.5. The van der Waals surface area contributed by atoms with Crippen LogP contribution in [-0.4, -0.2) is 29.3 Å². The molecule has 0 saturated carbocycles. The number of amides is 4. The predicted molar refractivity (Wildman–Crippen MR) is 112 cm³/mol. The number of carbonyl (C=O) groups is 3. The summed E-state index contributed by atoms with van der Waals surface area (Å²) >= 11 is 0. The van der Waals surface area contributed by atoms with Crippen molar-refractivity contribution in [1.29, 1.82) is 0 Å². The first-order chi connectivity index (χ1) is 14.9. The Hall–Kier alpha value is -4.20. The number of urea groups is 1. The Labute approximate surface area is 177 Å². The smallest absolute Gasteiger partial charge is 0.329 e. The van der Waals surface area contributed by atoms with Gasteiger partial charge in [0.25, 0.3) is 5.91 Å². The van der Waals surface area contributed by atoms with Crippen LogP contribution in [0.4, 0.5) is 14.9 Å². The Bertz CT molecular complexity index is 1200. The van der Waals surface area contributed by atoms with Crippen molar-refractivity contribution in [2.45, 2.75) is 6.92 Å². The van der Waals surface area contributed by atoms with Crippen LogP contribution in [0.3, 0.4) is 0 Å². The van der Waals surface area contributed by atoms with Crippen LogP contribution in [-0.2, 0) is 9.59 Å². The number of hydrogen-bond donors (Lipinski definition) is 2. The summed E-state index contributed by atoms with van der Waals surface area (Å²) in [7, 11) is 0. The number of imide groups is 1. The van der Waals surface area contributed by atoms with E-state index in [0.29, 0.717) is 22.8 Å². The van der Waals surface area contributed by atoms with Crippen molar-refractivity contribution in [3.05, 3.63) is 83.5 Å². The summed E-state index contributed by atoms with van der Waals surface area (Å²) in [5.74, 6) is -0.674. The molecule has 4 rings (SSSR count). The molecule has 0 atom stereocenters. The Kier molecular flexibility index (Phi) is 5.36. The second kappa shape index (κ2) is 8.27. The van der Waals surface area contributed by atoms with Crippen LogP contribution < -0.4 is 10.6 Å². The summed E-state index contributed by atoms with van der Waals surface area (Å²) in [5, 5.41) is 5.11. The first-order valence-corrected chi connectivity index (χ1v) is 9.46. The molecule has 1 fully saturated rings. The molecule has 3 aromatic rings. The third-order valence-corrected chi connectivity index (χ3v) is 4.61. The van der Waals surface area contributed by atoms with Crippen LogP contribution in [0, 0.1) is 12.7 Å². The Morgan fingerprint density at radius 3 is 2.65 bits per heavy atom. The van der Waals surface area contributed by atoms with Gasteiger partial charge < -0.3 is 15.1 Å². The lowest BCUT2D eigenvalue weighted by atomic mass is 10.2. The number of aryl methyl sites for hydroxylation is 1. The van der Waals surface area contributed by atoms with Gasteiger partial charge in [0, 0.05) is 17.3 Å². The molecule has 0 radical (unpaired) electrons. The molecule has 0 aliphatic carbocycles. The molecule has 0 spiro atoms. The van der Waals surface area contributed by atoms with Crippen molar-refractivity contribution < 1.29 is 23.2 Å². The fourth-order valence-electron chi connectivity index (χ4n) is 3.12. The van der Waals surface area contributed by atoms with E-state index in [2.05, 4.69) is 10.6 Å². The fraction of sp³-hybridized carbons (Fsp3) is 0.0870. The number of rotatable bonds is 5. The number of carbonyl (C=O) groups excluding carboxylic acids is 3. The first kappa shape index (κ1) is 20.1. The molecule has 2 heterocycles. The van der Waals surface area contributed by atoms with Crippen molar-refractivity contribution in [2.75, 3.05) is 11.9 Å². The predicted octanol–water partition coefficient (Wildman–Crippen LogP) is 3.93. The SMILES string of the molecule is Cc1cccc(NC(=O)CN2C(=O)N/C(=C/c3ccc(-c4ccc(F)cc4)o3)C2=O)c1. The Morgan fingerprint density at radius 1 is 1.13 bits per heavy atom. The van der Waals surface area contributed by atoms with Gasteiger partial charge in [0.1, 0.15) is 29.6 Å². The van der Waals surface area contributed by atoms with Gasteiger partial charge in [0.05, 0.1) is 0 Å². The number of hydrogen-bond acceptors (Lipinski definition) is 4. The van der Waals surface area contributed by atoms with E-state index >= 15 is 0 Å². The van der Waals surface area contributed by atoms with Crippen molar-refractivity contribution in [3.63, 3.8) is 0 Å². The van der Waals surface area contributed by atoms with E-state index in [1.54, 1.807) is 42.5 Å². The van der Waals surface area contributed by atoms with Gasteiger partial charge >= 0.3 is 6.03 Å². The molecule has 1 aliphatic heterocycles. The minimum Gasteiger partial charge on any atom is -0.457 e. The number of nitrogens with zero attached hydrogens (tertiary/aromatic N) is 1. The second-order valence-electron chi connectivity index (χ2n) is 7.01. The molecule has 1 aliphatic rings. The quantitative estimate of drug-likeness (QED) is 0.484. The van der Waals surface area contributed by atoms with Crippen molar-refractivity contribution >= 4 is 29.6 Å². The molecular formula is C23H18FN3O4. The van der Waals surface area contributed by atoms with E-state index in [-0.39, 0.29) is 11.5 Å². The van der Waals surface area contributed by atoms with Crippen LogP contribution in [0.1, 0.15) is 11.3 Å². The minimum absolute atomic E-state index is 0.00615. The summed E-state index contributed by atoms with van der Waals surface area (Å²) < 4.78 is 18.7. The van der Waals surface area contributed by atoms with Gasteiger partial charge in [0.2, 0.25) is 5.91 Å². The van der Waals surface area contributed by atoms with Crippen molar-refractivity contribution in [3.8, 4) is 11.3 Å². The second-order valence-corrected chi connectivity index (χ2v) is 7.01. The van der Waals surface area contributed by atoms with E-state index in [1.165, 1.54) is 18.2 Å². The van der Waals surface area contributed by atoms with Crippen molar-refractivity contribution in [1.82, 2.24) is 10.2 Å². The van der Waals surface area contributed by atoms with Crippen LogP contribution in [0.2, 0.25) is 0 Å². The fourth-order valence-corrected chi connectivity index (χ4v) is 3.12. The van der Waals surface area contributed by atoms with Gasteiger partial charge in [-0.05, 0) is 61.0 Å². The van der Waals surface area contributed by atoms with Crippen LogP contribution in [0.5, 0.6) is 0 Å². The highest BCUT2D eigenvalue weighted by atomic mass is 19.1. The first-order valence-electron chi connectivity index (χ1n) is 9.46. The molecule has 4 amide bonds. The summed E-state index contributed by atoms with van der Waals surface area (Å²) in [5.41, 5.74) is 2.21. The average Bonchev–Trinajstić information content (AvgIpc) is 3.29. The van der Waals surface area contributed by atoms with Gasteiger partial charge in [-0.1, -0.05) is 12.1 Å². The highest BCUT2D eigenvalue weighted by Gasteiger charge is 2.35. The average molecular weight is 419 g/mol. The number of nitrogens with one attached hydrogen (secondary N) is 2. The molecule has 0 bridgehead atoms. The van der Waals surface area contributed by atoms with Crippen LogP contribution in [0.25, 0.3) is 17.4 Å². The highest BCUT2D eigenvalue weighted by Crippen LogP contribution is 2.24. The zero-order chi connectivity index (χ0) is 22.0. The minimum atomic E-state index is -0.694. The van der Waals surface area contributed by atoms with E-state index in [1.807, 2.05) is 13.0 Å². The Balaban J connectivity index is 1.45. The molecule has 156 valence electrons. The van der Waals surface area contributed by atoms with Crippen LogP contribution >= 0.6 is 0 Å². The van der Waals surface area contributed by atoms with Gasteiger partial charge in [-0.2, -0.15) is 0 Å². The lowest BCUT2D eigenvalue weighted by Crippen LogP contribution is -2.38. The molecular weight excluding hydrogens is 401 g/mol. The summed E-state index contributed by atoms with van der Waals surface area (Å²) in [6.07, 6.45) is 1.38. The summed E-state index contributed by atoms with van der Waals surface area (Å²) in [6.45, 7) is 1.47. The summed E-state index contributed by atoms with van der Waals surface area (Å²) in [6, 6.07) is 15.6. The third-order valence-electron chi connectivity index (χ3n) is 4.61. The lowest BCUT2D eigenvalue weighted by molar-refractivity contribution is -0.127. The standard InChI is InChI=1S/C23H18FN3O4/c1-14-3-2-4-17(11-14)25-21(28)13-27-22(29)19(26-23(27)30)12-18-9-10-20(31-18)15-5-7-16(24)8-6-15/h2-12H,13H2,1H3,(H,25,28)(H,26,30)/b19-12+. The lowest BCUT2D eigenvalue weighted by Gasteiger charge is -2.12. The van der Waals surface area contributed by atoms with E-state index in [9.17, 15) is 18.8 Å². The maximum Gasteiger partial charge on any atom is 0.329 e. The molecule has 0 unspecified atom stereocenters. The van der Waals surface area contributed by atoms with E-state index in [4.69, 9.17) is 4.42 Å². The number of furan rings is 1. The molecule has 2 N–H and O–H groups in total. The number of benzene rings is 2. The van der Waals surface area contributed by atoms with Crippen LogP contribution in [0.15, 0.2) is 70.8 Å². The normalized spacial score (nSPS) is 14.8. The zero-order valence-corrected chi connectivity index (χ0v) is 16.5. The number of anilines is 1. The molecule has 2 aromatic carbocycles. The molecule has 7 nitrogen and oxygen atoms in total. The van der Waals surface area contributed by atoms with E-state index < -0.39 is 24.4 Å². The number of halogens is 1. The molecule has 1 saturated heterocycles. The van der Waals surface area contributed by atoms with Gasteiger partial charge in [-0.15, -0.1) is 0 Å². The maximum absolute atomic E-state index is 13.1. The third kappa shape index (κ3) is 4.53. The Morgan fingerprint density at radius 2 is 1.90 bits per heavy atom. The monoisotopic (exact) mass is 419 g/mol. The largest absolute Gasteiger partial charge is 0.457 e. The van der Waals surface area contributed by atoms with Crippen molar-refractivity contribution in [2.24, 2.45) is 0 Å². The van der Waals surface area contributed by atoms with E-state index in [0.717, 1.165) is 10.5 Å². The highest BCUT2D eigenvalue weighted by molar-refractivity contribution is 6.15. The summed E-state index contributed by atoms with van der Waals surface area (Å²) in [4.78, 5) is 37.9. The molecule has 31 heavy (non-hydrogen) atoms.